The first-order valence-corrected chi connectivity index (χ1v) is 6.21. The van der Waals surface area contributed by atoms with Crippen molar-refractivity contribution in [2.24, 2.45) is 10.9 Å². The largest absolute Gasteiger partial charge is 0.409 e. The van der Waals surface area contributed by atoms with Crippen molar-refractivity contribution in [2.45, 2.75) is 45.8 Å². The van der Waals surface area contributed by atoms with Crippen LogP contribution in [0.25, 0.3) is 0 Å². The fourth-order valence-corrected chi connectivity index (χ4v) is 1.60. The first-order valence-electron chi connectivity index (χ1n) is 6.21. The highest BCUT2D eigenvalue weighted by atomic mass is 16.4. The molecule has 0 aromatic carbocycles. The maximum Gasteiger partial charge on any atom is 0.156 e. The zero-order valence-electron chi connectivity index (χ0n) is 11.5. The molecule has 0 aliphatic carbocycles. The van der Waals surface area contributed by atoms with Crippen LogP contribution in [0.4, 0.5) is 0 Å². The number of hydrogen-bond donors (Lipinski definition) is 2. The molecule has 1 aromatic heterocycles. The van der Waals surface area contributed by atoms with Crippen LogP contribution in [0.15, 0.2) is 17.4 Å². The molecule has 0 radical (unpaired) electrons. The van der Waals surface area contributed by atoms with Crippen LogP contribution in [0, 0.1) is 0 Å². The van der Waals surface area contributed by atoms with Crippen molar-refractivity contribution in [3.63, 3.8) is 0 Å². The van der Waals surface area contributed by atoms with Gasteiger partial charge < -0.3 is 10.9 Å². The third kappa shape index (κ3) is 3.46. The standard InChI is InChI=1S/C12H23N5O/c1-5-9(2)17-7-6-11(14-17)8-16(4)10(3)12(13)15-18/h6-7,9-10,18H,5,8H2,1-4H3,(H2,13,15). The Kier molecular flexibility index (Phi) is 5.15. The Morgan fingerprint density at radius 1 is 1.61 bits per heavy atom. The zero-order chi connectivity index (χ0) is 13.7. The van der Waals surface area contributed by atoms with E-state index in [1.54, 1.807) is 0 Å². The Hall–Kier alpha value is -1.56. The van der Waals surface area contributed by atoms with Crippen molar-refractivity contribution in [3.05, 3.63) is 18.0 Å². The lowest BCUT2D eigenvalue weighted by atomic mass is 10.2. The number of aromatic nitrogens is 2. The number of likely N-dealkylation sites (N-methyl/N-ethyl adjacent to an activating group) is 1. The van der Waals surface area contributed by atoms with E-state index in [0.29, 0.717) is 12.6 Å². The predicted molar refractivity (Wildman–Crippen MR) is 71.6 cm³/mol. The fraction of sp³-hybridized carbons (Fsp3) is 0.667. The molecule has 0 fully saturated rings. The van der Waals surface area contributed by atoms with Gasteiger partial charge in [-0.05, 0) is 33.4 Å². The van der Waals surface area contributed by atoms with Crippen LogP contribution in [-0.2, 0) is 6.54 Å². The Morgan fingerprint density at radius 2 is 2.28 bits per heavy atom. The maximum atomic E-state index is 8.65. The van der Waals surface area contributed by atoms with Crippen molar-refractivity contribution >= 4 is 5.84 Å². The molecule has 0 saturated carbocycles. The van der Waals surface area contributed by atoms with Crippen LogP contribution in [-0.4, -0.2) is 38.8 Å². The summed E-state index contributed by atoms with van der Waals surface area (Å²) >= 11 is 0. The Bertz CT molecular complexity index is 401. The van der Waals surface area contributed by atoms with Gasteiger partial charge in [0, 0.05) is 18.8 Å². The number of nitrogens with two attached hydrogens (primary N) is 1. The van der Waals surface area contributed by atoms with Gasteiger partial charge in [0.1, 0.15) is 0 Å². The monoisotopic (exact) mass is 253 g/mol. The van der Waals surface area contributed by atoms with E-state index in [4.69, 9.17) is 10.9 Å². The van der Waals surface area contributed by atoms with Crippen LogP contribution in [0.3, 0.4) is 0 Å². The molecule has 1 heterocycles. The molecule has 0 bridgehead atoms. The lowest BCUT2D eigenvalue weighted by Gasteiger charge is -2.22. The molecule has 0 aliphatic rings. The molecular weight excluding hydrogens is 230 g/mol. The van der Waals surface area contributed by atoms with Crippen molar-refractivity contribution in [3.8, 4) is 0 Å². The number of nitrogens with zero attached hydrogens (tertiary/aromatic N) is 4. The van der Waals surface area contributed by atoms with Crippen LogP contribution in [0.1, 0.15) is 38.9 Å². The van der Waals surface area contributed by atoms with Gasteiger partial charge in [0.05, 0.1) is 11.7 Å². The van der Waals surface area contributed by atoms with Crippen molar-refractivity contribution in [1.29, 1.82) is 0 Å². The van der Waals surface area contributed by atoms with Gasteiger partial charge in [0.25, 0.3) is 0 Å². The quantitative estimate of drug-likeness (QED) is 0.348. The third-order valence-electron chi connectivity index (χ3n) is 3.32. The van der Waals surface area contributed by atoms with E-state index < -0.39 is 0 Å². The molecule has 2 atom stereocenters. The summed E-state index contributed by atoms with van der Waals surface area (Å²) in [6.07, 6.45) is 3.04. The Morgan fingerprint density at radius 3 is 2.83 bits per heavy atom. The van der Waals surface area contributed by atoms with E-state index in [0.717, 1.165) is 12.1 Å². The van der Waals surface area contributed by atoms with Crippen LogP contribution in [0.2, 0.25) is 0 Å². The lowest BCUT2D eigenvalue weighted by molar-refractivity contribution is 0.276. The topological polar surface area (TPSA) is 79.7 Å². The van der Waals surface area contributed by atoms with Gasteiger partial charge in [-0.3, -0.25) is 9.58 Å². The van der Waals surface area contributed by atoms with Crippen LogP contribution >= 0.6 is 0 Å². The summed E-state index contributed by atoms with van der Waals surface area (Å²) in [6.45, 7) is 6.83. The second-order valence-electron chi connectivity index (χ2n) is 4.66. The van der Waals surface area contributed by atoms with Gasteiger partial charge in [-0.25, -0.2) is 0 Å². The highest BCUT2D eigenvalue weighted by molar-refractivity contribution is 5.84. The molecule has 1 aromatic rings. The number of amidine groups is 1. The molecule has 2 unspecified atom stereocenters. The average molecular weight is 253 g/mol. The van der Waals surface area contributed by atoms with Crippen molar-refractivity contribution in [1.82, 2.24) is 14.7 Å². The minimum Gasteiger partial charge on any atom is -0.409 e. The summed E-state index contributed by atoms with van der Waals surface area (Å²) < 4.78 is 1.97. The number of oxime groups is 1. The summed E-state index contributed by atoms with van der Waals surface area (Å²) in [5, 5.41) is 16.2. The molecule has 1 rings (SSSR count). The number of hydrogen-bond acceptors (Lipinski definition) is 4. The van der Waals surface area contributed by atoms with Crippen LogP contribution < -0.4 is 5.73 Å². The molecule has 3 N–H and O–H groups in total. The summed E-state index contributed by atoms with van der Waals surface area (Å²) in [6, 6.07) is 2.29. The van der Waals surface area contributed by atoms with E-state index in [9.17, 15) is 0 Å². The van der Waals surface area contributed by atoms with Gasteiger partial charge in [-0.2, -0.15) is 5.10 Å². The molecule has 18 heavy (non-hydrogen) atoms. The van der Waals surface area contributed by atoms with Gasteiger partial charge in [-0.15, -0.1) is 0 Å². The highest BCUT2D eigenvalue weighted by Gasteiger charge is 2.15. The van der Waals surface area contributed by atoms with E-state index in [-0.39, 0.29) is 11.9 Å². The van der Waals surface area contributed by atoms with Gasteiger partial charge in [0.2, 0.25) is 0 Å². The second-order valence-corrected chi connectivity index (χ2v) is 4.66. The first kappa shape index (κ1) is 14.5. The average Bonchev–Trinajstić information content (AvgIpc) is 2.84. The normalized spacial score (nSPS) is 15.9. The molecule has 6 nitrogen and oxygen atoms in total. The molecular formula is C12H23N5O. The van der Waals surface area contributed by atoms with Crippen molar-refractivity contribution < 1.29 is 5.21 Å². The van der Waals surface area contributed by atoms with Gasteiger partial charge >= 0.3 is 0 Å². The fourth-order valence-electron chi connectivity index (χ4n) is 1.60. The Labute approximate surface area is 108 Å². The lowest BCUT2D eigenvalue weighted by Crippen LogP contribution is -2.40. The van der Waals surface area contributed by atoms with Gasteiger partial charge in [-0.1, -0.05) is 12.1 Å². The van der Waals surface area contributed by atoms with E-state index in [1.807, 2.05) is 35.8 Å². The summed E-state index contributed by atoms with van der Waals surface area (Å²) in [5.41, 5.74) is 6.56. The minimum absolute atomic E-state index is 0.122. The molecule has 102 valence electrons. The first-order chi connectivity index (χ1) is 8.49. The predicted octanol–water partition coefficient (Wildman–Crippen LogP) is 1.42. The number of rotatable bonds is 6. The highest BCUT2D eigenvalue weighted by Crippen LogP contribution is 2.11. The maximum absolute atomic E-state index is 8.65. The van der Waals surface area contributed by atoms with Crippen molar-refractivity contribution in [2.75, 3.05) is 7.05 Å². The second kappa shape index (κ2) is 6.39. The molecule has 0 spiro atoms. The zero-order valence-corrected chi connectivity index (χ0v) is 11.5. The smallest absolute Gasteiger partial charge is 0.156 e. The van der Waals surface area contributed by atoms with E-state index in [1.165, 1.54) is 0 Å². The molecule has 6 heteroatoms. The van der Waals surface area contributed by atoms with Gasteiger partial charge in [0.15, 0.2) is 5.84 Å². The molecule has 0 amide bonds. The SMILES string of the molecule is CCC(C)n1ccc(CN(C)C(C)C(N)=NO)n1. The summed E-state index contributed by atoms with van der Waals surface area (Å²) in [7, 11) is 1.92. The minimum atomic E-state index is -0.122. The third-order valence-corrected chi connectivity index (χ3v) is 3.32. The van der Waals surface area contributed by atoms with E-state index >= 15 is 0 Å². The summed E-state index contributed by atoms with van der Waals surface area (Å²) in [4.78, 5) is 1.98. The Balaban J connectivity index is 2.65. The molecule has 0 aliphatic heterocycles. The van der Waals surface area contributed by atoms with E-state index in [2.05, 4.69) is 24.1 Å². The molecule has 0 saturated heterocycles. The van der Waals surface area contributed by atoms with Crippen LogP contribution in [0.5, 0.6) is 0 Å². The summed E-state index contributed by atoms with van der Waals surface area (Å²) in [5.74, 6) is 0.207.